The molecule has 0 unspecified atom stereocenters. The zero-order chi connectivity index (χ0) is 23.5. The zero-order valence-electron chi connectivity index (χ0n) is 19.2. The quantitative estimate of drug-likeness (QED) is 0.475. The number of piperazine rings is 1. The van der Waals surface area contributed by atoms with Crippen molar-refractivity contribution < 1.29 is 4.79 Å². The number of hydrogen-bond acceptors (Lipinski definition) is 8. The van der Waals surface area contributed by atoms with Crippen LogP contribution in [-0.2, 0) is 0 Å². The second kappa shape index (κ2) is 9.40. The van der Waals surface area contributed by atoms with Crippen LogP contribution in [0.25, 0.3) is 22.2 Å². The molecule has 4 aromatic rings. The monoisotopic (exact) mass is 454 g/mol. The Morgan fingerprint density at radius 3 is 2.50 bits per heavy atom. The molecule has 172 valence electrons. The normalized spacial score (nSPS) is 14.2. The number of rotatable bonds is 5. The average Bonchev–Trinajstić information content (AvgIpc) is 2.89. The van der Waals surface area contributed by atoms with Gasteiger partial charge in [0.05, 0.1) is 11.2 Å². The van der Waals surface area contributed by atoms with E-state index in [1.807, 2.05) is 37.4 Å². The van der Waals surface area contributed by atoms with Crippen molar-refractivity contribution >= 4 is 34.3 Å². The fourth-order valence-electron chi connectivity index (χ4n) is 3.90. The highest BCUT2D eigenvalue weighted by Gasteiger charge is 2.17. The molecular weight excluding hydrogens is 428 g/mol. The number of aromatic nitrogens is 4. The third-order valence-electron chi connectivity index (χ3n) is 5.97. The number of likely N-dealkylation sites (N-methyl/N-ethyl adjacent to an activating group) is 1. The second-order valence-corrected chi connectivity index (χ2v) is 8.29. The molecule has 0 aliphatic carbocycles. The number of anilines is 3. The first-order valence-corrected chi connectivity index (χ1v) is 11.2. The Hall–Kier alpha value is -4.11. The van der Waals surface area contributed by atoms with Crippen LogP contribution in [0, 0.1) is 0 Å². The van der Waals surface area contributed by atoms with E-state index in [1.54, 1.807) is 30.7 Å². The SMILES string of the molecule is CNc1ccc(-c2ccc3cnc(NC(=O)c4ccnc(N5CCN(C)CC5)c4)cc3n2)cn1. The second-order valence-electron chi connectivity index (χ2n) is 8.29. The zero-order valence-corrected chi connectivity index (χ0v) is 19.2. The lowest BCUT2D eigenvalue weighted by Crippen LogP contribution is -2.44. The Balaban J connectivity index is 1.35. The van der Waals surface area contributed by atoms with Gasteiger partial charge in [0.1, 0.15) is 17.5 Å². The largest absolute Gasteiger partial charge is 0.373 e. The molecule has 1 aliphatic rings. The number of amides is 1. The molecule has 9 heteroatoms. The summed E-state index contributed by atoms with van der Waals surface area (Å²) in [6.45, 7) is 3.73. The lowest BCUT2D eigenvalue weighted by Gasteiger charge is -2.33. The van der Waals surface area contributed by atoms with E-state index in [-0.39, 0.29) is 5.91 Å². The number of hydrogen-bond donors (Lipinski definition) is 2. The smallest absolute Gasteiger partial charge is 0.257 e. The van der Waals surface area contributed by atoms with Crippen molar-refractivity contribution in [3.63, 3.8) is 0 Å². The van der Waals surface area contributed by atoms with Crippen LogP contribution < -0.4 is 15.5 Å². The standard InChI is InChI=1S/C25H26N8O/c1-26-22-6-4-18(15-28-22)20-5-3-19-16-29-23(14-21(19)30-20)31-25(34)17-7-8-27-24(13-17)33-11-9-32(2)10-12-33/h3-8,13-16H,9-12H2,1-2H3,(H,26,28)(H,29,31,34). The highest BCUT2D eigenvalue weighted by molar-refractivity contribution is 6.04. The molecule has 1 aliphatic heterocycles. The molecule has 0 radical (unpaired) electrons. The van der Waals surface area contributed by atoms with Gasteiger partial charge in [-0.05, 0) is 43.4 Å². The maximum Gasteiger partial charge on any atom is 0.257 e. The first kappa shape index (κ1) is 21.7. The maximum absolute atomic E-state index is 12.9. The summed E-state index contributed by atoms with van der Waals surface area (Å²) in [5, 5.41) is 6.80. The van der Waals surface area contributed by atoms with Gasteiger partial charge in [-0.2, -0.15) is 0 Å². The molecule has 5 rings (SSSR count). The Morgan fingerprint density at radius 1 is 0.912 bits per heavy atom. The number of carbonyl (C=O) groups is 1. The van der Waals surface area contributed by atoms with Crippen molar-refractivity contribution in [3.8, 4) is 11.3 Å². The van der Waals surface area contributed by atoms with Crippen LogP contribution in [0.2, 0.25) is 0 Å². The van der Waals surface area contributed by atoms with Crippen molar-refractivity contribution in [1.82, 2.24) is 24.8 Å². The van der Waals surface area contributed by atoms with E-state index >= 15 is 0 Å². The van der Waals surface area contributed by atoms with E-state index in [2.05, 4.69) is 42.4 Å². The number of fused-ring (bicyclic) bond motifs is 1. The molecule has 1 amide bonds. The summed E-state index contributed by atoms with van der Waals surface area (Å²) >= 11 is 0. The topological polar surface area (TPSA) is 99.2 Å². The highest BCUT2D eigenvalue weighted by Crippen LogP contribution is 2.23. The Bertz CT molecular complexity index is 1320. The molecular formula is C25H26N8O. The van der Waals surface area contributed by atoms with Crippen molar-refractivity contribution in [2.24, 2.45) is 0 Å². The Morgan fingerprint density at radius 2 is 1.74 bits per heavy atom. The molecule has 4 aromatic heterocycles. The Kier molecular flexibility index (Phi) is 6.01. The van der Waals surface area contributed by atoms with E-state index in [0.717, 1.165) is 60.0 Å². The third kappa shape index (κ3) is 4.65. The molecule has 9 nitrogen and oxygen atoms in total. The Labute approximate surface area is 197 Å². The van der Waals surface area contributed by atoms with Gasteiger partial charge in [-0.1, -0.05) is 0 Å². The summed E-state index contributed by atoms with van der Waals surface area (Å²) < 4.78 is 0. The first-order valence-electron chi connectivity index (χ1n) is 11.2. The summed E-state index contributed by atoms with van der Waals surface area (Å²) in [6, 6.07) is 13.1. The summed E-state index contributed by atoms with van der Waals surface area (Å²) in [5.74, 6) is 1.83. The van der Waals surface area contributed by atoms with E-state index < -0.39 is 0 Å². The number of nitrogens with one attached hydrogen (secondary N) is 2. The minimum atomic E-state index is -0.229. The predicted molar refractivity (Wildman–Crippen MR) is 134 cm³/mol. The molecule has 1 fully saturated rings. The van der Waals surface area contributed by atoms with Crippen LogP contribution in [0.15, 0.2) is 61.1 Å². The van der Waals surface area contributed by atoms with Crippen LogP contribution in [-0.4, -0.2) is 71.0 Å². The molecule has 34 heavy (non-hydrogen) atoms. The molecule has 5 heterocycles. The highest BCUT2D eigenvalue weighted by atomic mass is 16.1. The number of nitrogens with zero attached hydrogens (tertiary/aromatic N) is 6. The lowest BCUT2D eigenvalue weighted by atomic mass is 10.1. The van der Waals surface area contributed by atoms with Crippen molar-refractivity contribution in [2.75, 3.05) is 55.8 Å². The molecule has 0 spiro atoms. The van der Waals surface area contributed by atoms with Gasteiger partial charge >= 0.3 is 0 Å². The summed E-state index contributed by atoms with van der Waals surface area (Å²) in [7, 11) is 3.94. The summed E-state index contributed by atoms with van der Waals surface area (Å²) in [6.07, 6.45) is 5.18. The van der Waals surface area contributed by atoms with Gasteiger partial charge in [-0.25, -0.2) is 19.9 Å². The molecule has 2 N–H and O–H groups in total. The minimum Gasteiger partial charge on any atom is -0.373 e. The van der Waals surface area contributed by atoms with Crippen LogP contribution >= 0.6 is 0 Å². The summed E-state index contributed by atoms with van der Waals surface area (Å²) in [4.78, 5) is 35.4. The van der Waals surface area contributed by atoms with Crippen molar-refractivity contribution in [3.05, 3.63) is 66.6 Å². The molecule has 0 saturated carbocycles. The van der Waals surface area contributed by atoms with Gasteiger partial charge in [0.15, 0.2) is 0 Å². The van der Waals surface area contributed by atoms with Gasteiger partial charge in [-0.3, -0.25) is 4.79 Å². The lowest BCUT2D eigenvalue weighted by molar-refractivity contribution is 0.102. The van der Waals surface area contributed by atoms with Crippen molar-refractivity contribution in [1.29, 1.82) is 0 Å². The number of pyridine rings is 4. The van der Waals surface area contributed by atoms with Gasteiger partial charge in [-0.15, -0.1) is 0 Å². The molecule has 0 aromatic carbocycles. The first-order chi connectivity index (χ1) is 16.6. The predicted octanol–water partition coefficient (Wildman–Crippen LogP) is 3.13. The maximum atomic E-state index is 12.9. The van der Waals surface area contributed by atoms with Crippen LogP contribution in [0.4, 0.5) is 17.5 Å². The fraction of sp³-hybridized carbons (Fsp3) is 0.240. The van der Waals surface area contributed by atoms with Gasteiger partial charge in [0.2, 0.25) is 0 Å². The molecule has 0 atom stereocenters. The number of carbonyl (C=O) groups excluding carboxylic acids is 1. The van der Waals surface area contributed by atoms with Crippen LogP contribution in [0.3, 0.4) is 0 Å². The van der Waals surface area contributed by atoms with Crippen molar-refractivity contribution in [2.45, 2.75) is 0 Å². The van der Waals surface area contributed by atoms with E-state index in [9.17, 15) is 4.79 Å². The van der Waals surface area contributed by atoms with E-state index in [0.29, 0.717) is 11.4 Å². The van der Waals surface area contributed by atoms with E-state index in [4.69, 9.17) is 4.98 Å². The van der Waals surface area contributed by atoms with Crippen LogP contribution in [0.1, 0.15) is 10.4 Å². The minimum absolute atomic E-state index is 0.229. The molecule has 0 bridgehead atoms. The summed E-state index contributed by atoms with van der Waals surface area (Å²) in [5.41, 5.74) is 3.00. The molecule has 1 saturated heterocycles. The van der Waals surface area contributed by atoms with E-state index in [1.165, 1.54) is 0 Å². The van der Waals surface area contributed by atoms with Gasteiger partial charge < -0.3 is 20.4 Å². The average molecular weight is 455 g/mol. The van der Waals surface area contributed by atoms with Gasteiger partial charge in [0, 0.05) is 74.4 Å². The third-order valence-corrected chi connectivity index (χ3v) is 5.97. The fourth-order valence-corrected chi connectivity index (χ4v) is 3.90. The van der Waals surface area contributed by atoms with Crippen LogP contribution in [0.5, 0.6) is 0 Å². The van der Waals surface area contributed by atoms with Gasteiger partial charge in [0.25, 0.3) is 5.91 Å².